The number of hydrogen-bond donors (Lipinski definition) is 1. The van der Waals surface area contributed by atoms with Gasteiger partial charge in [-0.05, 0) is 11.8 Å². The average Bonchev–Trinajstić information content (AvgIpc) is 2.38. The summed E-state index contributed by atoms with van der Waals surface area (Å²) in [5, 5.41) is 7.00. The summed E-state index contributed by atoms with van der Waals surface area (Å²) in [5.74, 6) is 2.01. The molecule has 0 aromatic rings. The van der Waals surface area contributed by atoms with Crippen molar-refractivity contribution >= 4 is 0 Å². The molecule has 16 heavy (non-hydrogen) atoms. The van der Waals surface area contributed by atoms with Crippen LogP contribution in [0.4, 0.5) is 0 Å². The smallest absolute Gasteiger partial charge is 0.0319 e. The van der Waals surface area contributed by atoms with E-state index in [1.807, 2.05) is 0 Å². The molecule has 2 aliphatic rings. The van der Waals surface area contributed by atoms with E-state index in [0.29, 0.717) is 0 Å². The highest BCUT2D eigenvalue weighted by Gasteiger charge is 2.15. The number of hydrogen-bond acceptors (Lipinski definition) is 1. The molecule has 2 saturated carbocycles. The summed E-state index contributed by atoms with van der Waals surface area (Å²) in [6, 6.07) is 0. The Bertz CT molecular complexity index is 108. The molecule has 0 saturated heterocycles. The maximum Gasteiger partial charge on any atom is 0.0319 e. The normalized spacial score (nSPS) is 29.2. The minimum Gasteiger partial charge on any atom is -0.400 e. The molecule has 2 rings (SSSR count). The van der Waals surface area contributed by atoms with Gasteiger partial charge < -0.3 is 5.11 Å². The summed E-state index contributed by atoms with van der Waals surface area (Å²) in [6.45, 7) is 4.76. The molecule has 0 spiro atoms. The first-order chi connectivity index (χ1) is 7.80. The molecular weight excluding hydrogens is 196 g/mol. The molecule has 0 radical (unpaired) electrons. The lowest BCUT2D eigenvalue weighted by Gasteiger charge is -2.24. The van der Waals surface area contributed by atoms with Crippen LogP contribution < -0.4 is 0 Å². The van der Waals surface area contributed by atoms with E-state index in [4.69, 9.17) is 5.11 Å². The molecule has 1 N–H and O–H groups in total. The fraction of sp³-hybridized carbons (Fsp3) is 1.00. The fourth-order valence-electron chi connectivity index (χ4n) is 2.56. The maximum atomic E-state index is 7.00. The highest BCUT2D eigenvalue weighted by atomic mass is 16.2. The molecule has 0 amide bonds. The van der Waals surface area contributed by atoms with Gasteiger partial charge in [-0.2, -0.15) is 0 Å². The lowest BCUT2D eigenvalue weighted by atomic mass is 9.82. The van der Waals surface area contributed by atoms with E-state index in [1.54, 1.807) is 0 Å². The molecule has 2 unspecified atom stereocenters. The zero-order chi connectivity index (χ0) is 12.2. The molecule has 0 bridgehead atoms. The summed E-state index contributed by atoms with van der Waals surface area (Å²) in [4.78, 5) is 0. The number of aliphatic hydroxyl groups is 1. The van der Waals surface area contributed by atoms with Gasteiger partial charge in [0.25, 0.3) is 0 Å². The van der Waals surface area contributed by atoms with Crippen LogP contribution in [0.15, 0.2) is 0 Å². The van der Waals surface area contributed by atoms with Crippen molar-refractivity contribution in [2.75, 3.05) is 7.11 Å². The van der Waals surface area contributed by atoms with Crippen molar-refractivity contribution < 1.29 is 5.11 Å². The summed E-state index contributed by atoms with van der Waals surface area (Å²) < 4.78 is 0. The lowest BCUT2D eigenvalue weighted by Crippen LogP contribution is -2.12. The standard InChI is InChI=1S/C8H16.C6H12.CH4O/c1-7-5-3-4-6-8(7)2;1-2-4-6-5-3-1;1-2/h7-8H,3-6H2,1-2H3;1-6H2;2H,1H3. The van der Waals surface area contributed by atoms with Crippen molar-refractivity contribution in [3.8, 4) is 0 Å². The van der Waals surface area contributed by atoms with E-state index < -0.39 is 0 Å². The Balaban J connectivity index is 0.000000251. The topological polar surface area (TPSA) is 20.2 Å². The van der Waals surface area contributed by atoms with E-state index in [9.17, 15) is 0 Å². The predicted molar refractivity (Wildman–Crippen MR) is 72.6 cm³/mol. The fourth-order valence-corrected chi connectivity index (χ4v) is 2.56. The molecule has 2 atom stereocenters. The maximum absolute atomic E-state index is 7.00. The number of aliphatic hydroxyl groups excluding tert-OH is 1. The van der Waals surface area contributed by atoms with Crippen molar-refractivity contribution in [1.82, 2.24) is 0 Å². The van der Waals surface area contributed by atoms with Gasteiger partial charge in [0.15, 0.2) is 0 Å². The number of rotatable bonds is 0. The van der Waals surface area contributed by atoms with Crippen LogP contribution in [-0.2, 0) is 0 Å². The first kappa shape index (κ1) is 16.0. The van der Waals surface area contributed by atoms with Gasteiger partial charge in [0, 0.05) is 7.11 Å². The van der Waals surface area contributed by atoms with Crippen LogP contribution in [0, 0.1) is 11.8 Å². The summed E-state index contributed by atoms with van der Waals surface area (Å²) in [6.07, 6.45) is 14.9. The third kappa shape index (κ3) is 8.15. The van der Waals surface area contributed by atoms with Crippen molar-refractivity contribution in [2.24, 2.45) is 11.8 Å². The highest BCUT2D eigenvalue weighted by molar-refractivity contribution is 4.67. The van der Waals surface area contributed by atoms with Crippen LogP contribution in [0.1, 0.15) is 78.1 Å². The molecule has 1 heteroatoms. The van der Waals surface area contributed by atoms with Gasteiger partial charge in [-0.25, -0.2) is 0 Å². The summed E-state index contributed by atoms with van der Waals surface area (Å²) >= 11 is 0. The van der Waals surface area contributed by atoms with Gasteiger partial charge >= 0.3 is 0 Å². The van der Waals surface area contributed by atoms with Crippen molar-refractivity contribution in [3.05, 3.63) is 0 Å². The van der Waals surface area contributed by atoms with E-state index >= 15 is 0 Å². The van der Waals surface area contributed by atoms with Gasteiger partial charge in [0.1, 0.15) is 0 Å². The SMILES string of the molecule is C1CCCCC1.CC1CCCCC1C.CO. The minimum atomic E-state index is 1.00. The monoisotopic (exact) mass is 228 g/mol. The van der Waals surface area contributed by atoms with Gasteiger partial charge in [-0.15, -0.1) is 0 Å². The van der Waals surface area contributed by atoms with Crippen LogP contribution in [0.3, 0.4) is 0 Å². The third-order valence-electron chi connectivity index (χ3n) is 4.04. The van der Waals surface area contributed by atoms with E-state index in [0.717, 1.165) is 18.9 Å². The largest absolute Gasteiger partial charge is 0.400 e. The minimum absolute atomic E-state index is 1.00. The molecule has 98 valence electrons. The van der Waals surface area contributed by atoms with Gasteiger partial charge in [-0.3, -0.25) is 0 Å². The summed E-state index contributed by atoms with van der Waals surface area (Å²) in [5.41, 5.74) is 0. The molecule has 2 fully saturated rings. The van der Waals surface area contributed by atoms with Crippen LogP contribution in [0.2, 0.25) is 0 Å². The van der Waals surface area contributed by atoms with Crippen molar-refractivity contribution in [1.29, 1.82) is 0 Å². The summed E-state index contributed by atoms with van der Waals surface area (Å²) in [7, 11) is 1.00. The Kier molecular flexibility index (Phi) is 11.4. The Morgan fingerprint density at radius 3 is 1.00 bits per heavy atom. The third-order valence-corrected chi connectivity index (χ3v) is 4.04. The van der Waals surface area contributed by atoms with Gasteiger partial charge in [0.05, 0.1) is 0 Å². The zero-order valence-electron chi connectivity index (χ0n) is 11.7. The molecule has 2 aliphatic carbocycles. The van der Waals surface area contributed by atoms with Gasteiger partial charge in [-0.1, -0.05) is 78.1 Å². The molecule has 0 aromatic heterocycles. The molecule has 0 aromatic carbocycles. The highest BCUT2D eigenvalue weighted by Crippen LogP contribution is 2.28. The molecule has 0 aliphatic heterocycles. The first-order valence-electron chi connectivity index (χ1n) is 7.25. The molecule has 1 nitrogen and oxygen atoms in total. The Morgan fingerprint density at radius 1 is 0.562 bits per heavy atom. The Hall–Kier alpha value is -0.0400. The van der Waals surface area contributed by atoms with E-state index in [-0.39, 0.29) is 0 Å². The van der Waals surface area contributed by atoms with Crippen LogP contribution in [0.5, 0.6) is 0 Å². The first-order valence-corrected chi connectivity index (χ1v) is 7.25. The van der Waals surface area contributed by atoms with Crippen molar-refractivity contribution in [2.45, 2.75) is 78.1 Å². The van der Waals surface area contributed by atoms with E-state index in [2.05, 4.69) is 13.8 Å². The predicted octanol–water partition coefficient (Wildman–Crippen LogP) is 4.78. The second-order valence-electron chi connectivity index (χ2n) is 5.36. The second kappa shape index (κ2) is 11.4. The van der Waals surface area contributed by atoms with Crippen LogP contribution in [0.25, 0.3) is 0 Å². The quantitative estimate of drug-likeness (QED) is 0.632. The molecular formula is C15H32O. The Labute approximate surface area is 103 Å². The zero-order valence-corrected chi connectivity index (χ0v) is 11.7. The van der Waals surface area contributed by atoms with Crippen molar-refractivity contribution in [3.63, 3.8) is 0 Å². The van der Waals surface area contributed by atoms with Crippen LogP contribution in [-0.4, -0.2) is 12.2 Å². The van der Waals surface area contributed by atoms with E-state index in [1.165, 1.54) is 64.2 Å². The Morgan fingerprint density at radius 2 is 0.812 bits per heavy atom. The van der Waals surface area contributed by atoms with Crippen LogP contribution >= 0.6 is 0 Å². The lowest BCUT2D eigenvalue weighted by molar-refractivity contribution is 0.277. The molecule has 0 heterocycles. The second-order valence-corrected chi connectivity index (χ2v) is 5.36. The van der Waals surface area contributed by atoms with Gasteiger partial charge in [0.2, 0.25) is 0 Å². The average molecular weight is 228 g/mol.